The van der Waals surface area contributed by atoms with Crippen molar-refractivity contribution >= 4 is 39.1 Å². The van der Waals surface area contributed by atoms with Crippen molar-refractivity contribution in [3.63, 3.8) is 0 Å². The standard InChI is InChI=1S/C38H42ClN3O4S/c1-28-19-21-35(22-20-28)47(45,46)42(34-18-9-11-29(2)23-34)27-37(43)41(26-31-14-10-15-32(39)24-31)36(25-30-12-5-3-6-13-30)38(44)40-33-16-7-4-8-17-33/h3,5-6,9-15,18-24,33,36H,4,7-8,16-17,25-27H2,1-2H3,(H,40,44). The largest absolute Gasteiger partial charge is 0.352 e. The van der Waals surface area contributed by atoms with E-state index in [0.717, 1.165) is 58.7 Å². The number of hydrogen-bond acceptors (Lipinski definition) is 4. The third-order valence-electron chi connectivity index (χ3n) is 8.64. The van der Waals surface area contributed by atoms with E-state index in [1.807, 2.05) is 56.3 Å². The minimum atomic E-state index is -4.16. The number of carbonyl (C=O) groups is 2. The molecule has 9 heteroatoms. The predicted molar refractivity (Wildman–Crippen MR) is 188 cm³/mol. The highest BCUT2D eigenvalue weighted by atomic mass is 35.5. The van der Waals surface area contributed by atoms with Crippen LogP contribution in [0.15, 0.2) is 108 Å². The minimum absolute atomic E-state index is 0.0309. The lowest BCUT2D eigenvalue weighted by atomic mass is 9.94. The molecule has 1 unspecified atom stereocenters. The topological polar surface area (TPSA) is 86.8 Å². The molecule has 1 aliphatic carbocycles. The lowest BCUT2D eigenvalue weighted by molar-refractivity contribution is -0.140. The maximum absolute atomic E-state index is 14.7. The fourth-order valence-corrected chi connectivity index (χ4v) is 7.70. The average molecular weight is 672 g/mol. The summed E-state index contributed by atoms with van der Waals surface area (Å²) in [5.74, 6) is -0.749. The second-order valence-electron chi connectivity index (χ2n) is 12.4. The van der Waals surface area contributed by atoms with Crippen molar-refractivity contribution in [2.24, 2.45) is 0 Å². The van der Waals surface area contributed by atoms with Crippen molar-refractivity contribution in [2.75, 3.05) is 10.8 Å². The average Bonchev–Trinajstić information content (AvgIpc) is 3.06. The van der Waals surface area contributed by atoms with Crippen molar-refractivity contribution < 1.29 is 18.0 Å². The fraction of sp³-hybridized carbons (Fsp3) is 0.316. The van der Waals surface area contributed by atoms with E-state index in [-0.39, 0.29) is 29.8 Å². The van der Waals surface area contributed by atoms with Crippen LogP contribution in [0.3, 0.4) is 0 Å². The maximum atomic E-state index is 14.7. The number of benzene rings is 4. The van der Waals surface area contributed by atoms with E-state index in [9.17, 15) is 18.0 Å². The van der Waals surface area contributed by atoms with E-state index in [0.29, 0.717) is 10.7 Å². The highest BCUT2D eigenvalue weighted by Crippen LogP contribution is 2.27. The summed E-state index contributed by atoms with van der Waals surface area (Å²) in [7, 11) is -4.16. The molecule has 0 spiro atoms. The first-order valence-electron chi connectivity index (χ1n) is 16.1. The van der Waals surface area contributed by atoms with E-state index in [1.165, 1.54) is 4.90 Å². The van der Waals surface area contributed by atoms with Crippen molar-refractivity contribution in [1.82, 2.24) is 10.2 Å². The molecule has 4 aromatic carbocycles. The van der Waals surface area contributed by atoms with Gasteiger partial charge in [-0.1, -0.05) is 103 Å². The molecule has 5 rings (SSSR count). The summed E-state index contributed by atoms with van der Waals surface area (Å²) in [6, 6.07) is 29.5. The Morgan fingerprint density at radius 1 is 0.809 bits per heavy atom. The molecule has 0 saturated heterocycles. The van der Waals surface area contributed by atoms with Crippen LogP contribution in [0.1, 0.15) is 54.4 Å². The molecule has 4 aromatic rings. The molecule has 246 valence electrons. The molecular weight excluding hydrogens is 630 g/mol. The van der Waals surface area contributed by atoms with Gasteiger partial charge in [0, 0.05) is 24.0 Å². The minimum Gasteiger partial charge on any atom is -0.352 e. The van der Waals surface area contributed by atoms with Gasteiger partial charge >= 0.3 is 0 Å². The Morgan fingerprint density at radius 2 is 1.49 bits per heavy atom. The molecule has 7 nitrogen and oxygen atoms in total. The van der Waals surface area contributed by atoms with Crippen LogP contribution in [0, 0.1) is 13.8 Å². The Kier molecular flexibility index (Phi) is 11.4. The van der Waals surface area contributed by atoms with Crippen LogP contribution in [-0.4, -0.2) is 43.8 Å². The molecule has 0 heterocycles. The van der Waals surface area contributed by atoms with Crippen LogP contribution in [0.5, 0.6) is 0 Å². The quantitative estimate of drug-likeness (QED) is 0.172. The normalized spacial score (nSPS) is 14.3. The number of halogens is 1. The van der Waals surface area contributed by atoms with Crippen LogP contribution in [0.4, 0.5) is 5.69 Å². The summed E-state index contributed by atoms with van der Waals surface area (Å²) in [6.45, 7) is 3.33. The molecule has 1 N–H and O–H groups in total. The van der Waals surface area contributed by atoms with Crippen LogP contribution in [0.2, 0.25) is 5.02 Å². The second-order valence-corrected chi connectivity index (χ2v) is 14.7. The van der Waals surface area contributed by atoms with E-state index in [2.05, 4.69) is 5.32 Å². The second kappa shape index (κ2) is 15.6. The molecule has 1 aliphatic rings. The first kappa shape index (κ1) is 34.2. The number of carbonyl (C=O) groups excluding carboxylic acids is 2. The zero-order valence-corrected chi connectivity index (χ0v) is 28.5. The van der Waals surface area contributed by atoms with E-state index >= 15 is 0 Å². The first-order chi connectivity index (χ1) is 22.6. The molecule has 47 heavy (non-hydrogen) atoms. The van der Waals surface area contributed by atoms with Crippen LogP contribution in [-0.2, 0) is 32.6 Å². The summed E-state index contributed by atoms with van der Waals surface area (Å²) < 4.78 is 29.6. The molecule has 1 fully saturated rings. The van der Waals surface area contributed by atoms with Crippen molar-refractivity contribution in [2.45, 2.75) is 75.9 Å². The number of rotatable bonds is 12. The Bertz CT molecular complexity index is 1770. The SMILES string of the molecule is Cc1ccc(S(=O)(=O)N(CC(=O)N(Cc2cccc(Cl)c2)C(Cc2ccccc2)C(=O)NC2CCCCC2)c2cccc(C)c2)cc1. The van der Waals surface area contributed by atoms with Crippen molar-refractivity contribution in [3.8, 4) is 0 Å². The zero-order chi connectivity index (χ0) is 33.4. The van der Waals surface area contributed by atoms with Gasteiger partial charge < -0.3 is 10.2 Å². The van der Waals surface area contributed by atoms with Gasteiger partial charge in [0.2, 0.25) is 11.8 Å². The lowest BCUT2D eigenvalue weighted by Crippen LogP contribution is -2.55. The van der Waals surface area contributed by atoms with Gasteiger partial charge in [-0.3, -0.25) is 13.9 Å². The van der Waals surface area contributed by atoms with Gasteiger partial charge in [-0.2, -0.15) is 0 Å². The summed E-state index contributed by atoms with van der Waals surface area (Å²) in [5.41, 5.74) is 3.76. The lowest BCUT2D eigenvalue weighted by Gasteiger charge is -2.35. The highest BCUT2D eigenvalue weighted by molar-refractivity contribution is 7.92. The van der Waals surface area contributed by atoms with Gasteiger partial charge in [0.05, 0.1) is 10.6 Å². The smallest absolute Gasteiger partial charge is 0.264 e. The summed E-state index contributed by atoms with van der Waals surface area (Å²) in [4.78, 5) is 30.5. The summed E-state index contributed by atoms with van der Waals surface area (Å²) in [6.07, 6.45) is 5.28. The van der Waals surface area contributed by atoms with Gasteiger partial charge in [-0.25, -0.2) is 8.42 Å². The fourth-order valence-electron chi connectivity index (χ4n) is 6.08. The predicted octanol–water partition coefficient (Wildman–Crippen LogP) is 7.24. The third-order valence-corrected chi connectivity index (χ3v) is 10.7. The van der Waals surface area contributed by atoms with Crippen molar-refractivity contribution in [1.29, 1.82) is 0 Å². The van der Waals surface area contributed by atoms with E-state index in [4.69, 9.17) is 11.6 Å². The number of anilines is 1. The number of amides is 2. The monoisotopic (exact) mass is 671 g/mol. The highest BCUT2D eigenvalue weighted by Gasteiger charge is 2.35. The number of hydrogen-bond donors (Lipinski definition) is 1. The van der Waals surface area contributed by atoms with E-state index < -0.39 is 28.5 Å². The Morgan fingerprint density at radius 3 is 2.17 bits per heavy atom. The number of aryl methyl sites for hydroxylation is 2. The zero-order valence-electron chi connectivity index (χ0n) is 26.9. The molecule has 0 radical (unpaired) electrons. The van der Waals surface area contributed by atoms with Gasteiger partial charge in [0.15, 0.2) is 0 Å². The molecule has 1 atom stereocenters. The van der Waals surface area contributed by atoms with Gasteiger partial charge in [0.25, 0.3) is 10.0 Å². The molecule has 1 saturated carbocycles. The molecular formula is C38H42ClN3O4S. The molecule has 0 aromatic heterocycles. The summed E-state index contributed by atoms with van der Waals surface area (Å²) >= 11 is 6.36. The molecule has 2 amide bonds. The first-order valence-corrected chi connectivity index (χ1v) is 18.0. The number of nitrogens with one attached hydrogen (secondary N) is 1. The molecule has 0 aliphatic heterocycles. The third kappa shape index (κ3) is 9.02. The Balaban J connectivity index is 1.56. The van der Waals surface area contributed by atoms with Crippen LogP contribution >= 0.6 is 11.6 Å². The Hall–Kier alpha value is -4.14. The van der Waals surface area contributed by atoms with Crippen LogP contribution in [0.25, 0.3) is 0 Å². The van der Waals surface area contributed by atoms with Crippen molar-refractivity contribution in [3.05, 3.63) is 130 Å². The number of nitrogens with zero attached hydrogens (tertiary/aromatic N) is 2. The van der Waals surface area contributed by atoms with Gasteiger partial charge in [-0.15, -0.1) is 0 Å². The van der Waals surface area contributed by atoms with Gasteiger partial charge in [0.1, 0.15) is 12.6 Å². The molecule has 0 bridgehead atoms. The Labute approximate surface area is 283 Å². The summed E-state index contributed by atoms with van der Waals surface area (Å²) in [5, 5.41) is 3.74. The van der Waals surface area contributed by atoms with Crippen LogP contribution < -0.4 is 9.62 Å². The van der Waals surface area contributed by atoms with E-state index in [1.54, 1.807) is 60.7 Å². The maximum Gasteiger partial charge on any atom is 0.264 e. The number of sulfonamides is 1. The van der Waals surface area contributed by atoms with Gasteiger partial charge in [-0.05, 0) is 79.8 Å².